The van der Waals surface area contributed by atoms with Gasteiger partial charge in [-0.3, -0.25) is 0 Å². The van der Waals surface area contributed by atoms with Gasteiger partial charge in [-0.25, -0.2) is 0 Å². The molecule has 0 aliphatic rings. The third kappa shape index (κ3) is 7.68. The lowest BCUT2D eigenvalue weighted by Gasteiger charge is -2.29. The van der Waals surface area contributed by atoms with E-state index in [0.29, 0.717) is 11.4 Å². The first-order valence-corrected chi connectivity index (χ1v) is 22.1. The number of rotatable bonds is 11. The van der Waals surface area contributed by atoms with Gasteiger partial charge in [-0.2, -0.15) is 0 Å². The van der Waals surface area contributed by atoms with Gasteiger partial charge in [0.1, 0.15) is 0 Å². The van der Waals surface area contributed by atoms with Crippen LogP contribution in [0.2, 0.25) is 0 Å². The molecule has 0 saturated carbocycles. The van der Waals surface area contributed by atoms with Crippen LogP contribution < -0.4 is 14.7 Å². The first-order chi connectivity index (χ1) is 33.8. The maximum absolute atomic E-state index is 9.26. The second-order valence-corrected chi connectivity index (χ2v) is 16.5. The molecule has 304 valence electrons. The van der Waals surface area contributed by atoms with E-state index in [2.05, 4.69) is 161 Å². The Balaban J connectivity index is 1.03. The molecular formula is C60H43N3S. The van der Waals surface area contributed by atoms with Crippen molar-refractivity contribution in [1.82, 2.24) is 0 Å². The number of thiophene rings is 1. The maximum Gasteiger partial charge on any atom is 0.0645 e. The molecule has 1 heterocycles. The fraction of sp³-hybridized carbons (Fsp3) is 0. The smallest absolute Gasteiger partial charge is 0.0645 e. The molecule has 0 amide bonds. The number of hydrogen-bond acceptors (Lipinski definition) is 4. The standard InChI is InChI=1S/C60H43N3S/c1-6-17-44(18-7-1)46-29-33-51(34-30-46)61(48-21-10-3-11-22-48)53-27-16-28-54(41-53)63(50-25-14-5-15-26-50)55-38-40-59-58(42-55)57-39-37-56(43-60(57)64-59)62(49-23-12-4-13-24-49)52-35-31-47(32-36-52)45-19-8-2-9-20-45/h1-43H/i5D,14D,15D,25D,26D. The summed E-state index contributed by atoms with van der Waals surface area (Å²) in [5.74, 6) is 0. The second-order valence-electron chi connectivity index (χ2n) is 15.5. The Morgan fingerprint density at radius 2 is 0.656 bits per heavy atom. The Morgan fingerprint density at radius 3 is 1.19 bits per heavy atom. The third-order valence-corrected chi connectivity index (χ3v) is 12.6. The van der Waals surface area contributed by atoms with Crippen LogP contribution in [-0.2, 0) is 0 Å². The lowest BCUT2D eigenvalue weighted by atomic mass is 10.0. The number of hydrogen-bond donors (Lipinski definition) is 0. The molecule has 0 radical (unpaired) electrons. The quantitative estimate of drug-likeness (QED) is 0.128. The Labute approximate surface area is 385 Å². The van der Waals surface area contributed by atoms with E-state index in [-0.39, 0.29) is 17.8 Å². The van der Waals surface area contributed by atoms with Crippen molar-refractivity contribution < 1.29 is 6.85 Å². The van der Waals surface area contributed by atoms with Gasteiger partial charge in [-0.1, -0.05) is 152 Å². The predicted molar refractivity (Wildman–Crippen MR) is 274 cm³/mol. The van der Waals surface area contributed by atoms with Crippen molar-refractivity contribution >= 4 is 82.7 Å². The van der Waals surface area contributed by atoms with Crippen molar-refractivity contribution in [1.29, 1.82) is 0 Å². The van der Waals surface area contributed by atoms with Gasteiger partial charge < -0.3 is 14.7 Å². The molecule has 11 rings (SSSR count). The van der Waals surface area contributed by atoms with Gasteiger partial charge in [0.25, 0.3) is 0 Å². The highest BCUT2D eigenvalue weighted by atomic mass is 32.1. The maximum atomic E-state index is 9.26. The zero-order valence-corrected chi connectivity index (χ0v) is 35.5. The van der Waals surface area contributed by atoms with E-state index in [9.17, 15) is 2.74 Å². The van der Waals surface area contributed by atoms with Crippen molar-refractivity contribution in [3.05, 3.63) is 261 Å². The molecular weight excluding hydrogens is 795 g/mol. The van der Waals surface area contributed by atoms with E-state index in [1.807, 2.05) is 78.9 Å². The number of para-hydroxylation sites is 3. The van der Waals surface area contributed by atoms with Gasteiger partial charge in [-0.15, -0.1) is 11.3 Å². The second kappa shape index (κ2) is 17.3. The van der Waals surface area contributed by atoms with Crippen LogP contribution in [0.1, 0.15) is 6.85 Å². The summed E-state index contributed by atoms with van der Waals surface area (Å²) < 4.78 is 46.7. The van der Waals surface area contributed by atoms with E-state index >= 15 is 0 Å². The molecule has 0 aliphatic carbocycles. The number of fused-ring (bicyclic) bond motifs is 3. The largest absolute Gasteiger partial charge is 0.310 e. The molecule has 0 unspecified atom stereocenters. The Morgan fingerprint density at radius 1 is 0.266 bits per heavy atom. The zero-order chi connectivity index (χ0) is 47.0. The van der Waals surface area contributed by atoms with Crippen LogP contribution in [0, 0.1) is 0 Å². The molecule has 1 aromatic heterocycles. The van der Waals surface area contributed by atoms with Crippen LogP contribution in [0.15, 0.2) is 261 Å². The molecule has 0 aliphatic heterocycles. The number of anilines is 9. The average Bonchev–Trinajstić information content (AvgIpc) is 3.78. The van der Waals surface area contributed by atoms with Crippen LogP contribution in [-0.4, -0.2) is 0 Å². The molecule has 4 heteroatoms. The Kier molecular flexibility index (Phi) is 9.04. The highest BCUT2D eigenvalue weighted by Crippen LogP contribution is 2.45. The normalized spacial score (nSPS) is 12.2. The molecule has 11 aromatic rings. The van der Waals surface area contributed by atoms with Crippen LogP contribution >= 0.6 is 11.3 Å². The van der Waals surface area contributed by atoms with Crippen LogP contribution in [0.4, 0.5) is 51.2 Å². The van der Waals surface area contributed by atoms with Crippen LogP contribution in [0.25, 0.3) is 42.4 Å². The summed E-state index contributed by atoms with van der Waals surface area (Å²) in [5.41, 5.74) is 11.7. The molecule has 0 saturated heterocycles. The van der Waals surface area contributed by atoms with E-state index < -0.39 is 18.1 Å². The molecule has 0 atom stereocenters. The summed E-state index contributed by atoms with van der Waals surface area (Å²) in [7, 11) is 0. The fourth-order valence-electron chi connectivity index (χ4n) is 8.48. The van der Waals surface area contributed by atoms with Gasteiger partial charge in [0.15, 0.2) is 0 Å². The van der Waals surface area contributed by atoms with Crippen LogP contribution in [0.3, 0.4) is 0 Å². The SMILES string of the molecule is [2H]c1c([2H])c([2H])c(N(c2cccc(N(c3ccccc3)c3ccc(-c4ccccc4)cc3)c2)c2ccc3sc4cc(N(c5ccccc5)c5ccc(-c6ccccc6)cc5)ccc4c3c2)c([2H])c1[2H]. The van der Waals surface area contributed by atoms with E-state index in [1.165, 1.54) is 5.56 Å². The summed E-state index contributed by atoms with van der Waals surface area (Å²) in [6, 6.07) is 77.1. The highest BCUT2D eigenvalue weighted by molar-refractivity contribution is 7.25. The minimum Gasteiger partial charge on any atom is -0.310 e. The van der Waals surface area contributed by atoms with E-state index in [0.717, 1.165) is 71.0 Å². The molecule has 0 N–H and O–H groups in total. The van der Waals surface area contributed by atoms with Gasteiger partial charge in [0, 0.05) is 71.4 Å². The van der Waals surface area contributed by atoms with Crippen molar-refractivity contribution in [2.24, 2.45) is 0 Å². The lowest BCUT2D eigenvalue weighted by Crippen LogP contribution is -2.13. The lowest BCUT2D eigenvalue weighted by molar-refractivity contribution is 1.25. The van der Waals surface area contributed by atoms with Crippen molar-refractivity contribution in [3.8, 4) is 22.3 Å². The molecule has 0 fully saturated rings. The summed E-state index contributed by atoms with van der Waals surface area (Å²) in [5, 5.41) is 2.05. The van der Waals surface area contributed by atoms with Gasteiger partial charge in [0.2, 0.25) is 0 Å². The minimum atomic E-state index is -0.441. The highest BCUT2D eigenvalue weighted by Gasteiger charge is 2.20. The number of benzene rings is 10. The number of nitrogens with zero attached hydrogens (tertiary/aromatic N) is 3. The van der Waals surface area contributed by atoms with Crippen molar-refractivity contribution in [2.45, 2.75) is 0 Å². The van der Waals surface area contributed by atoms with Crippen LogP contribution in [0.5, 0.6) is 0 Å². The fourth-order valence-corrected chi connectivity index (χ4v) is 9.60. The molecule has 3 nitrogen and oxygen atoms in total. The Hall–Kier alpha value is -8.18. The molecule has 64 heavy (non-hydrogen) atoms. The minimum absolute atomic E-state index is 0.0644. The third-order valence-electron chi connectivity index (χ3n) is 11.5. The average molecular weight is 843 g/mol. The predicted octanol–water partition coefficient (Wildman–Crippen LogP) is 17.8. The first kappa shape index (κ1) is 33.4. The molecule has 10 aromatic carbocycles. The molecule has 0 bridgehead atoms. The van der Waals surface area contributed by atoms with Crippen molar-refractivity contribution in [3.63, 3.8) is 0 Å². The first-order valence-electron chi connectivity index (χ1n) is 23.8. The van der Waals surface area contributed by atoms with E-state index in [1.54, 1.807) is 16.2 Å². The Bertz CT molecular complexity index is 3580. The van der Waals surface area contributed by atoms with Gasteiger partial charge in [-0.05, 0) is 131 Å². The summed E-state index contributed by atoms with van der Waals surface area (Å²) in [6.07, 6.45) is 0. The van der Waals surface area contributed by atoms with Gasteiger partial charge >= 0.3 is 0 Å². The molecule has 0 spiro atoms. The van der Waals surface area contributed by atoms with E-state index in [4.69, 9.17) is 4.11 Å². The van der Waals surface area contributed by atoms with Crippen molar-refractivity contribution in [2.75, 3.05) is 14.7 Å². The van der Waals surface area contributed by atoms with Gasteiger partial charge in [0.05, 0.1) is 6.85 Å². The zero-order valence-electron chi connectivity index (χ0n) is 39.7. The summed E-state index contributed by atoms with van der Waals surface area (Å²) >= 11 is 1.70. The summed E-state index contributed by atoms with van der Waals surface area (Å²) in [6.45, 7) is 0. The topological polar surface area (TPSA) is 9.72 Å². The monoisotopic (exact) mass is 842 g/mol. The summed E-state index contributed by atoms with van der Waals surface area (Å²) in [4.78, 5) is 6.24.